The molecule has 1 aromatic carbocycles. The van der Waals surface area contributed by atoms with Crippen LogP contribution < -0.4 is 4.74 Å². The number of benzene rings is 1. The van der Waals surface area contributed by atoms with Crippen molar-refractivity contribution in [2.45, 2.75) is 45.7 Å². The number of hydrogen-bond acceptors (Lipinski definition) is 4. The highest BCUT2D eigenvalue weighted by molar-refractivity contribution is 6.56. The Morgan fingerprint density at radius 3 is 2.18 bits per heavy atom. The van der Waals surface area contributed by atoms with E-state index in [4.69, 9.17) is 9.16 Å². The lowest BCUT2D eigenvalue weighted by atomic mass is 10.2. The minimum absolute atomic E-state index is 0.290. The Bertz CT molecular complexity index is 550. The number of ether oxygens (including phenoxy) is 1. The summed E-state index contributed by atoms with van der Waals surface area (Å²) in [5.41, 5.74) is 1.53. The van der Waals surface area contributed by atoms with Crippen LogP contribution in [0, 0.1) is 6.92 Å². The number of nitrogens with zero attached hydrogens (tertiary/aromatic N) is 2. The van der Waals surface area contributed by atoms with Crippen molar-refractivity contribution in [2.75, 3.05) is 0 Å². The molecule has 22 heavy (non-hydrogen) atoms. The van der Waals surface area contributed by atoms with Crippen molar-refractivity contribution in [3.63, 3.8) is 0 Å². The predicted octanol–water partition coefficient (Wildman–Crippen LogP) is 4.63. The Morgan fingerprint density at radius 2 is 1.64 bits per heavy atom. The molecular formula is C15H22N2O4Si. The zero-order chi connectivity index (χ0) is 16.7. The molecule has 0 N–H and O–H groups in total. The molecule has 0 aliphatic carbocycles. The molecule has 0 spiro atoms. The quantitative estimate of drug-likeness (QED) is 0.598. The zero-order valence-corrected chi connectivity index (χ0v) is 14.7. The largest absolute Gasteiger partial charge is 0.503 e. The minimum atomic E-state index is -1.73. The average molecular weight is 322 g/mol. The third-order valence-corrected chi connectivity index (χ3v) is 6.06. The van der Waals surface area contributed by atoms with Crippen molar-refractivity contribution in [2.24, 2.45) is 10.2 Å². The summed E-state index contributed by atoms with van der Waals surface area (Å²) in [6.45, 7) is 9.90. The number of azo groups is 1. The van der Waals surface area contributed by atoms with Gasteiger partial charge in [0.25, 0.3) is 0 Å². The van der Waals surface area contributed by atoms with Gasteiger partial charge in [0.15, 0.2) is 0 Å². The molecule has 0 bridgehead atoms. The molecule has 2 amide bonds. The number of carbonyl (C=O) groups is 2. The fourth-order valence-corrected chi connectivity index (χ4v) is 4.43. The zero-order valence-electron chi connectivity index (χ0n) is 13.6. The van der Waals surface area contributed by atoms with Gasteiger partial charge in [-0.1, -0.05) is 50.1 Å². The standard InChI is InChI=1S/C15H22N2O4Si/c1-10(2)22(11(3)4)21-15(19)17-16-14(18)20-13-8-6-7-12(5)9-13/h6-11,22H,1-5H3. The van der Waals surface area contributed by atoms with Crippen LogP contribution in [0.2, 0.25) is 11.1 Å². The average Bonchev–Trinajstić information content (AvgIpc) is 2.42. The van der Waals surface area contributed by atoms with Gasteiger partial charge >= 0.3 is 12.2 Å². The van der Waals surface area contributed by atoms with Crippen molar-refractivity contribution in [3.05, 3.63) is 29.8 Å². The third-order valence-electron chi connectivity index (χ3n) is 2.96. The molecule has 0 aliphatic rings. The van der Waals surface area contributed by atoms with Gasteiger partial charge in [0.05, 0.1) is 0 Å². The number of rotatable bonds is 4. The van der Waals surface area contributed by atoms with Gasteiger partial charge < -0.3 is 9.16 Å². The molecule has 0 atom stereocenters. The first-order valence-electron chi connectivity index (χ1n) is 7.20. The summed E-state index contributed by atoms with van der Waals surface area (Å²) in [6.07, 6.45) is -1.78. The summed E-state index contributed by atoms with van der Waals surface area (Å²) < 4.78 is 10.3. The van der Waals surface area contributed by atoms with Crippen LogP contribution in [0.15, 0.2) is 34.5 Å². The van der Waals surface area contributed by atoms with Gasteiger partial charge in [0, 0.05) is 0 Å². The van der Waals surface area contributed by atoms with Crippen LogP contribution >= 0.6 is 0 Å². The molecule has 0 heterocycles. The second-order valence-corrected chi connectivity index (χ2v) is 9.55. The second-order valence-electron chi connectivity index (χ2n) is 5.72. The van der Waals surface area contributed by atoms with Gasteiger partial charge in [0.1, 0.15) is 5.75 Å². The van der Waals surface area contributed by atoms with Crippen LogP contribution in [-0.4, -0.2) is 21.2 Å². The summed E-state index contributed by atoms with van der Waals surface area (Å²) in [5, 5.41) is 6.50. The number of amides is 2. The predicted molar refractivity (Wildman–Crippen MR) is 85.9 cm³/mol. The molecule has 0 unspecified atom stereocenters. The van der Waals surface area contributed by atoms with Gasteiger partial charge in [-0.05, 0) is 35.7 Å². The number of carbonyl (C=O) groups excluding carboxylic acids is 2. The fourth-order valence-electron chi connectivity index (χ4n) is 2.06. The van der Waals surface area contributed by atoms with Crippen LogP contribution in [0.5, 0.6) is 5.75 Å². The molecular weight excluding hydrogens is 300 g/mol. The van der Waals surface area contributed by atoms with E-state index in [0.717, 1.165) is 5.56 Å². The molecule has 7 heteroatoms. The lowest BCUT2D eigenvalue weighted by Crippen LogP contribution is -2.27. The normalized spacial score (nSPS) is 11.5. The van der Waals surface area contributed by atoms with E-state index in [-0.39, 0.29) is 0 Å². The van der Waals surface area contributed by atoms with Crippen molar-refractivity contribution in [1.82, 2.24) is 0 Å². The van der Waals surface area contributed by atoms with E-state index in [2.05, 4.69) is 10.2 Å². The molecule has 0 fully saturated rings. The van der Waals surface area contributed by atoms with Crippen molar-refractivity contribution >= 4 is 21.2 Å². The molecule has 1 aromatic rings. The molecule has 6 nitrogen and oxygen atoms in total. The van der Waals surface area contributed by atoms with Gasteiger partial charge in [0.2, 0.25) is 9.04 Å². The lowest BCUT2D eigenvalue weighted by molar-refractivity contribution is 0.199. The molecule has 0 saturated carbocycles. The van der Waals surface area contributed by atoms with E-state index in [9.17, 15) is 9.59 Å². The molecule has 0 saturated heterocycles. The highest BCUT2D eigenvalue weighted by Gasteiger charge is 2.25. The molecule has 1 rings (SSSR count). The van der Waals surface area contributed by atoms with Crippen LogP contribution in [0.4, 0.5) is 9.59 Å². The van der Waals surface area contributed by atoms with E-state index < -0.39 is 21.2 Å². The molecule has 0 aliphatic heterocycles. The van der Waals surface area contributed by atoms with Crippen molar-refractivity contribution in [3.8, 4) is 5.75 Å². The van der Waals surface area contributed by atoms with Crippen LogP contribution in [0.1, 0.15) is 33.3 Å². The van der Waals surface area contributed by atoms with Crippen LogP contribution in [0.25, 0.3) is 0 Å². The Hall–Kier alpha value is -2.02. The number of hydrogen-bond donors (Lipinski definition) is 0. The van der Waals surface area contributed by atoms with E-state index in [1.165, 1.54) is 0 Å². The second kappa shape index (κ2) is 8.43. The lowest BCUT2D eigenvalue weighted by Gasteiger charge is -2.21. The van der Waals surface area contributed by atoms with Crippen molar-refractivity contribution < 1.29 is 18.8 Å². The Kier molecular flexibility index (Phi) is 6.91. The SMILES string of the molecule is Cc1cccc(OC(=O)N=NC(=O)O[SiH](C(C)C)C(C)C)c1. The van der Waals surface area contributed by atoms with Crippen LogP contribution in [-0.2, 0) is 4.43 Å². The van der Waals surface area contributed by atoms with E-state index in [0.29, 0.717) is 16.8 Å². The maximum absolute atomic E-state index is 11.6. The Balaban J connectivity index is 2.56. The molecule has 0 radical (unpaired) electrons. The maximum atomic E-state index is 11.6. The number of aryl methyl sites for hydroxylation is 1. The Morgan fingerprint density at radius 1 is 1.05 bits per heavy atom. The van der Waals surface area contributed by atoms with E-state index >= 15 is 0 Å². The molecule has 0 aromatic heterocycles. The summed E-state index contributed by atoms with van der Waals surface area (Å²) in [6, 6.07) is 6.94. The van der Waals surface area contributed by atoms with E-state index in [1.807, 2.05) is 40.7 Å². The first-order chi connectivity index (χ1) is 10.3. The van der Waals surface area contributed by atoms with Gasteiger partial charge in [-0.25, -0.2) is 9.59 Å². The first kappa shape index (κ1) is 18.0. The minimum Gasteiger partial charge on any atom is -0.503 e. The highest BCUT2D eigenvalue weighted by Crippen LogP contribution is 2.21. The van der Waals surface area contributed by atoms with Crippen molar-refractivity contribution in [1.29, 1.82) is 0 Å². The summed E-state index contributed by atoms with van der Waals surface area (Å²) in [4.78, 5) is 23.1. The maximum Gasteiger partial charge on any atom is 0.458 e. The molecule has 120 valence electrons. The highest BCUT2D eigenvalue weighted by atomic mass is 28.3. The third kappa shape index (κ3) is 6.17. The van der Waals surface area contributed by atoms with Crippen LogP contribution in [0.3, 0.4) is 0 Å². The van der Waals surface area contributed by atoms with Gasteiger partial charge in [-0.2, -0.15) is 0 Å². The smallest absolute Gasteiger partial charge is 0.458 e. The summed E-state index contributed by atoms with van der Waals surface area (Å²) >= 11 is 0. The Labute approximate surface area is 132 Å². The van der Waals surface area contributed by atoms with Gasteiger partial charge in [-0.15, -0.1) is 0 Å². The fraction of sp³-hybridized carbons (Fsp3) is 0.467. The van der Waals surface area contributed by atoms with Gasteiger partial charge in [-0.3, -0.25) is 0 Å². The summed E-state index contributed by atoms with van der Waals surface area (Å²) in [5.74, 6) is 0.355. The monoisotopic (exact) mass is 322 g/mol. The summed E-state index contributed by atoms with van der Waals surface area (Å²) in [7, 11) is -1.73. The first-order valence-corrected chi connectivity index (χ1v) is 9.01. The van der Waals surface area contributed by atoms with E-state index in [1.54, 1.807) is 18.2 Å². The topological polar surface area (TPSA) is 77.3 Å².